The number of alkyl halides is 4. The summed E-state index contributed by atoms with van der Waals surface area (Å²) in [6.45, 7) is -0.623. The van der Waals surface area contributed by atoms with E-state index in [1.807, 2.05) is 0 Å². The van der Waals surface area contributed by atoms with Gasteiger partial charge in [0.05, 0.1) is 0 Å². The Hall–Kier alpha value is -0.850. The van der Waals surface area contributed by atoms with Gasteiger partial charge in [0.1, 0.15) is 6.61 Å². The summed E-state index contributed by atoms with van der Waals surface area (Å²) in [6, 6.07) is 0. The summed E-state index contributed by atoms with van der Waals surface area (Å²) in [5.41, 5.74) is 0. The Morgan fingerprint density at radius 1 is 1.54 bits per heavy atom. The molecule has 0 aliphatic rings. The van der Waals surface area contributed by atoms with Gasteiger partial charge >= 0.3 is 18.3 Å². The van der Waals surface area contributed by atoms with Gasteiger partial charge in [-0.3, -0.25) is 0 Å². The largest absolute Gasteiger partial charge is 0.479 e. The van der Waals surface area contributed by atoms with E-state index in [2.05, 4.69) is 4.74 Å². The first kappa shape index (κ1) is 12.2. The number of rotatable bonds is 5. The maximum absolute atomic E-state index is 12.1. The highest BCUT2D eigenvalue weighted by Crippen LogP contribution is 2.23. The van der Waals surface area contributed by atoms with Crippen molar-refractivity contribution in [1.29, 1.82) is 0 Å². The van der Waals surface area contributed by atoms with Crippen LogP contribution in [0.5, 0.6) is 0 Å². The Kier molecular flexibility index (Phi) is 4.12. The van der Waals surface area contributed by atoms with Gasteiger partial charge in [0.25, 0.3) is 0 Å². The molecule has 0 heterocycles. The van der Waals surface area contributed by atoms with E-state index in [1.54, 1.807) is 0 Å². The maximum Gasteiger partial charge on any atom is 0.332 e. The van der Waals surface area contributed by atoms with E-state index in [9.17, 15) is 22.4 Å². The van der Waals surface area contributed by atoms with Crippen LogP contribution in [0.3, 0.4) is 0 Å². The van der Waals surface area contributed by atoms with Crippen molar-refractivity contribution in [3.63, 3.8) is 0 Å². The van der Waals surface area contributed by atoms with Crippen LogP contribution in [0.25, 0.3) is 0 Å². The SMILES string of the molecule is C[C@@H](OCC(F)(F)C(F)F)C(=O)O. The molecule has 0 radical (unpaired) electrons. The van der Waals surface area contributed by atoms with Crippen molar-refractivity contribution in [3.8, 4) is 0 Å². The lowest BCUT2D eigenvalue weighted by atomic mass is 10.3. The fraction of sp³-hybridized carbons (Fsp3) is 0.833. The topological polar surface area (TPSA) is 46.5 Å². The molecule has 0 aromatic rings. The van der Waals surface area contributed by atoms with Crippen molar-refractivity contribution in [2.75, 3.05) is 6.61 Å². The van der Waals surface area contributed by atoms with E-state index in [1.165, 1.54) is 0 Å². The molecule has 0 fully saturated rings. The van der Waals surface area contributed by atoms with Gasteiger partial charge in [0, 0.05) is 0 Å². The van der Waals surface area contributed by atoms with Crippen LogP contribution in [0.4, 0.5) is 17.6 Å². The summed E-state index contributed by atoms with van der Waals surface area (Å²) in [4.78, 5) is 10.0. The lowest BCUT2D eigenvalue weighted by Crippen LogP contribution is -2.35. The molecular weight excluding hydrogens is 196 g/mol. The van der Waals surface area contributed by atoms with Crippen LogP contribution in [0.1, 0.15) is 6.92 Å². The fourth-order valence-corrected chi connectivity index (χ4v) is 0.370. The third kappa shape index (κ3) is 4.07. The number of aliphatic carboxylic acids is 1. The Morgan fingerprint density at radius 3 is 2.31 bits per heavy atom. The third-order valence-electron chi connectivity index (χ3n) is 1.19. The molecule has 0 aliphatic carbocycles. The summed E-state index contributed by atoms with van der Waals surface area (Å²) in [5.74, 6) is -5.78. The Morgan fingerprint density at radius 2 is 2.00 bits per heavy atom. The second kappa shape index (κ2) is 4.40. The molecule has 0 spiro atoms. The van der Waals surface area contributed by atoms with Crippen LogP contribution >= 0.6 is 0 Å². The number of carboxylic acids is 1. The molecule has 0 aromatic heterocycles. The average Bonchev–Trinajstić information content (AvgIpc) is 1.99. The monoisotopic (exact) mass is 204 g/mol. The van der Waals surface area contributed by atoms with Gasteiger partial charge in [-0.05, 0) is 6.92 Å². The minimum Gasteiger partial charge on any atom is -0.479 e. The summed E-state index contributed by atoms with van der Waals surface area (Å²) in [6.07, 6.45) is -5.38. The molecule has 78 valence electrons. The Bertz CT molecular complexity index is 183. The number of carbonyl (C=O) groups is 1. The molecule has 0 unspecified atom stereocenters. The Labute approximate surface area is 71.3 Å². The normalized spacial score (nSPS) is 14.6. The molecule has 3 nitrogen and oxygen atoms in total. The predicted octanol–water partition coefficient (Wildman–Crippen LogP) is 1.38. The van der Waals surface area contributed by atoms with Gasteiger partial charge in [0.2, 0.25) is 0 Å². The molecule has 0 saturated heterocycles. The zero-order chi connectivity index (χ0) is 10.6. The second-order valence-electron chi connectivity index (χ2n) is 2.35. The standard InChI is InChI=1S/C6H8F4O3/c1-3(4(11)12)13-2-6(9,10)5(7)8/h3,5H,2H2,1H3,(H,11,12)/t3-/m1/s1. The zero-order valence-electron chi connectivity index (χ0n) is 6.64. The van der Waals surface area contributed by atoms with Crippen LogP contribution in [0, 0.1) is 0 Å². The lowest BCUT2D eigenvalue weighted by Gasteiger charge is -2.16. The quantitative estimate of drug-likeness (QED) is 0.688. The maximum atomic E-state index is 12.1. The average molecular weight is 204 g/mol. The zero-order valence-corrected chi connectivity index (χ0v) is 6.64. The molecule has 0 aromatic carbocycles. The highest BCUT2D eigenvalue weighted by atomic mass is 19.3. The molecule has 0 rings (SSSR count). The van der Waals surface area contributed by atoms with E-state index in [4.69, 9.17) is 5.11 Å². The lowest BCUT2D eigenvalue weighted by molar-refractivity contribution is -0.183. The first-order valence-corrected chi connectivity index (χ1v) is 3.27. The second-order valence-corrected chi connectivity index (χ2v) is 2.35. The van der Waals surface area contributed by atoms with Crippen LogP contribution < -0.4 is 0 Å². The van der Waals surface area contributed by atoms with Crippen LogP contribution in [-0.4, -0.2) is 36.1 Å². The predicted molar refractivity (Wildman–Crippen MR) is 34.0 cm³/mol. The van der Waals surface area contributed by atoms with Crippen molar-refractivity contribution in [3.05, 3.63) is 0 Å². The van der Waals surface area contributed by atoms with Gasteiger partial charge in [-0.25, -0.2) is 13.6 Å². The van der Waals surface area contributed by atoms with Crippen LogP contribution in [0.2, 0.25) is 0 Å². The first-order valence-electron chi connectivity index (χ1n) is 3.27. The molecule has 0 amide bonds. The van der Waals surface area contributed by atoms with E-state index in [-0.39, 0.29) is 0 Å². The molecule has 13 heavy (non-hydrogen) atoms. The van der Waals surface area contributed by atoms with Crippen molar-refractivity contribution in [2.45, 2.75) is 25.4 Å². The molecule has 7 heteroatoms. The van der Waals surface area contributed by atoms with Gasteiger partial charge in [-0.1, -0.05) is 0 Å². The number of carboxylic acid groups (broad SMARTS) is 1. The highest BCUT2D eigenvalue weighted by molar-refractivity contribution is 5.71. The van der Waals surface area contributed by atoms with Gasteiger partial charge < -0.3 is 9.84 Å². The summed E-state index contributed by atoms with van der Waals surface area (Å²) in [5, 5.41) is 8.16. The van der Waals surface area contributed by atoms with Crippen LogP contribution in [-0.2, 0) is 9.53 Å². The third-order valence-corrected chi connectivity index (χ3v) is 1.19. The first-order chi connectivity index (χ1) is 5.77. The molecule has 0 bridgehead atoms. The summed E-state index contributed by atoms with van der Waals surface area (Å²) >= 11 is 0. The minimum absolute atomic E-state index is 0.976. The van der Waals surface area contributed by atoms with E-state index in [0.29, 0.717) is 0 Å². The molecule has 1 N–H and O–H groups in total. The highest BCUT2D eigenvalue weighted by Gasteiger charge is 2.41. The van der Waals surface area contributed by atoms with Gasteiger partial charge in [-0.15, -0.1) is 0 Å². The Balaban J connectivity index is 3.95. The van der Waals surface area contributed by atoms with Crippen molar-refractivity contribution < 1.29 is 32.2 Å². The summed E-state index contributed by atoms with van der Waals surface area (Å²) < 4.78 is 51.2. The van der Waals surface area contributed by atoms with Crippen molar-refractivity contribution >= 4 is 5.97 Å². The van der Waals surface area contributed by atoms with E-state index >= 15 is 0 Å². The molecule has 0 saturated carbocycles. The molecular formula is C6H8F4O3. The van der Waals surface area contributed by atoms with Crippen LogP contribution in [0.15, 0.2) is 0 Å². The molecule has 0 aliphatic heterocycles. The van der Waals surface area contributed by atoms with Gasteiger partial charge in [-0.2, -0.15) is 8.78 Å². The van der Waals surface area contributed by atoms with Crippen molar-refractivity contribution in [2.24, 2.45) is 0 Å². The molecule has 1 atom stereocenters. The van der Waals surface area contributed by atoms with Gasteiger partial charge in [0.15, 0.2) is 6.10 Å². The number of hydrogen-bond donors (Lipinski definition) is 1. The number of hydrogen-bond acceptors (Lipinski definition) is 2. The smallest absolute Gasteiger partial charge is 0.332 e. The number of halogens is 4. The minimum atomic E-state index is -4.30. The van der Waals surface area contributed by atoms with E-state index in [0.717, 1.165) is 6.92 Å². The van der Waals surface area contributed by atoms with Crippen molar-refractivity contribution in [1.82, 2.24) is 0 Å². The number of ether oxygens (including phenoxy) is 1. The summed E-state index contributed by atoms with van der Waals surface area (Å²) in [7, 11) is 0. The van der Waals surface area contributed by atoms with E-state index < -0.39 is 31.0 Å². The fourth-order valence-electron chi connectivity index (χ4n) is 0.370.